The van der Waals surface area contributed by atoms with E-state index in [2.05, 4.69) is 4.90 Å². The van der Waals surface area contributed by atoms with Gasteiger partial charge < -0.3 is 19.6 Å². The van der Waals surface area contributed by atoms with Gasteiger partial charge in [-0.15, -0.1) is 0 Å². The number of anilines is 1. The molecular formula is C13H17N3O2. The van der Waals surface area contributed by atoms with Crippen molar-refractivity contribution in [1.82, 2.24) is 9.47 Å². The lowest BCUT2D eigenvalue weighted by molar-refractivity contribution is 0.309. The molecule has 2 heterocycles. The quantitative estimate of drug-likeness (QED) is 0.861. The van der Waals surface area contributed by atoms with Crippen molar-refractivity contribution in [3.8, 4) is 0 Å². The Kier molecular flexibility index (Phi) is 3.84. The normalized spacial score (nSPS) is 11.0. The molecule has 0 radical (unpaired) electrons. The molecule has 2 aromatic heterocycles. The molecule has 18 heavy (non-hydrogen) atoms. The van der Waals surface area contributed by atoms with Crippen molar-refractivity contribution in [2.75, 3.05) is 19.3 Å². The highest BCUT2D eigenvalue weighted by atomic mass is 16.3. The second-order valence-corrected chi connectivity index (χ2v) is 4.36. The number of likely N-dealkylation sites (N-methyl/N-ethyl adjacent to an activating group) is 1. The summed E-state index contributed by atoms with van der Waals surface area (Å²) in [4.78, 5) is 13.7. The number of nitrogens with two attached hydrogens (primary N) is 1. The van der Waals surface area contributed by atoms with E-state index in [0.29, 0.717) is 12.2 Å². The monoisotopic (exact) mass is 247 g/mol. The maximum Gasteiger partial charge on any atom is 0.250 e. The number of hydrogen-bond acceptors (Lipinski definition) is 4. The van der Waals surface area contributed by atoms with Gasteiger partial charge in [-0.3, -0.25) is 4.79 Å². The van der Waals surface area contributed by atoms with Crippen LogP contribution in [0.4, 0.5) is 5.69 Å². The Labute approximate surface area is 105 Å². The molecule has 2 aromatic rings. The molecular weight excluding hydrogens is 230 g/mol. The summed E-state index contributed by atoms with van der Waals surface area (Å²) < 4.78 is 6.64. The first kappa shape index (κ1) is 12.4. The van der Waals surface area contributed by atoms with Gasteiger partial charge in [-0.2, -0.15) is 0 Å². The lowest BCUT2D eigenvalue weighted by Crippen LogP contribution is -2.27. The molecule has 96 valence electrons. The summed E-state index contributed by atoms with van der Waals surface area (Å²) in [5.41, 5.74) is 7.36. The van der Waals surface area contributed by atoms with Crippen LogP contribution in [0.3, 0.4) is 0 Å². The van der Waals surface area contributed by atoms with Crippen LogP contribution in [0.2, 0.25) is 0 Å². The minimum absolute atomic E-state index is 0.0269. The summed E-state index contributed by atoms with van der Waals surface area (Å²) in [6.45, 7) is 2.19. The van der Waals surface area contributed by atoms with E-state index in [1.54, 1.807) is 29.4 Å². The number of aromatic nitrogens is 1. The number of nitrogens with zero attached hydrogens (tertiary/aromatic N) is 2. The first-order valence-corrected chi connectivity index (χ1v) is 5.81. The maximum atomic E-state index is 11.6. The molecule has 0 saturated carbocycles. The lowest BCUT2D eigenvalue weighted by atomic mass is 10.3. The largest absolute Gasteiger partial charge is 0.472 e. The maximum absolute atomic E-state index is 11.6. The minimum Gasteiger partial charge on any atom is -0.472 e. The van der Waals surface area contributed by atoms with Gasteiger partial charge in [0.1, 0.15) is 0 Å². The average molecular weight is 247 g/mol. The Hall–Kier alpha value is -2.01. The van der Waals surface area contributed by atoms with Crippen molar-refractivity contribution in [2.24, 2.45) is 0 Å². The molecule has 0 aliphatic rings. The van der Waals surface area contributed by atoms with Crippen LogP contribution in [0.5, 0.6) is 0 Å². The molecule has 0 amide bonds. The first-order valence-electron chi connectivity index (χ1n) is 5.81. The topological polar surface area (TPSA) is 64.4 Å². The van der Waals surface area contributed by atoms with Gasteiger partial charge in [0, 0.05) is 43.1 Å². The van der Waals surface area contributed by atoms with Gasteiger partial charge in [0.25, 0.3) is 5.56 Å². The van der Waals surface area contributed by atoms with Crippen LogP contribution >= 0.6 is 0 Å². The fourth-order valence-electron chi connectivity index (χ4n) is 1.78. The molecule has 5 nitrogen and oxygen atoms in total. The summed E-state index contributed by atoms with van der Waals surface area (Å²) in [6, 6.07) is 5.04. The van der Waals surface area contributed by atoms with Crippen LogP contribution in [0, 0.1) is 0 Å². The van der Waals surface area contributed by atoms with Crippen molar-refractivity contribution in [1.29, 1.82) is 0 Å². The van der Waals surface area contributed by atoms with E-state index < -0.39 is 0 Å². The van der Waals surface area contributed by atoms with E-state index in [9.17, 15) is 4.79 Å². The third kappa shape index (κ3) is 3.24. The van der Waals surface area contributed by atoms with Crippen molar-refractivity contribution in [2.45, 2.75) is 13.1 Å². The zero-order valence-corrected chi connectivity index (χ0v) is 10.4. The van der Waals surface area contributed by atoms with Crippen molar-refractivity contribution in [3.05, 3.63) is 52.8 Å². The van der Waals surface area contributed by atoms with E-state index in [1.807, 2.05) is 13.1 Å². The smallest absolute Gasteiger partial charge is 0.250 e. The van der Waals surface area contributed by atoms with Crippen LogP contribution in [0.15, 0.2) is 46.1 Å². The van der Waals surface area contributed by atoms with Crippen LogP contribution in [-0.4, -0.2) is 23.1 Å². The fourth-order valence-corrected chi connectivity index (χ4v) is 1.78. The van der Waals surface area contributed by atoms with Gasteiger partial charge in [0.15, 0.2) is 0 Å². The Morgan fingerprint density at radius 2 is 2.22 bits per heavy atom. The van der Waals surface area contributed by atoms with Crippen molar-refractivity contribution >= 4 is 5.69 Å². The third-order valence-corrected chi connectivity index (χ3v) is 2.76. The van der Waals surface area contributed by atoms with E-state index in [1.165, 1.54) is 6.07 Å². The predicted molar refractivity (Wildman–Crippen MR) is 70.2 cm³/mol. The molecule has 0 bridgehead atoms. The highest BCUT2D eigenvalue weighted by Crippen LogP contribution is 2.03. The summed E-state index contributed by atoms with van der Waals surface area (Å²) >= 11 is 0. The highest BCUT2D eigenvalue weighted by Gasteiger charge is 2.03. The Morgan fingerprint density at radius 1 is 1.39 bits per heavy atom. The SMILES string of the molecule is CN(CCn1cc(N)ccc1=O)Cc1ccoc1. The van der Waals surface area contributed by atoms with E-state index in [0.717, 1.165) is 18.7 Å². The van der Waals surface area contributed by atoms with Crippen molar-refractivity contribution in [3.63, 3.8) is 0 Å². The predicted octanol–water partition coefficient (Wildman–Crippen LogP) is 1.16. The van der Waals surface area contributed by atoms with Gasteiger partial charge in [-0.1, -0.05) is 0 Å². The Balaban J connectivity index is 1.91. The fraction of sp³-hybridized carbons (Fsp3) is 0.308. The van der Waals surface area contributed by atoms with Crippen LogP contribution in [0.1, 0.15) is 5.56 Å². The summed E-state index contributed by atoms with van der Waals surface area (Å²) in [6.07, 6.45) is 5.06. The van der Waals surface area contributed by atoms with Gasteiger partial charge >= 0.3 is 0 Å². The van der Waals surface area contributed by atoms with E-state index in [4.69, 9.17) is 10.2 Å². The van der Waals surface area contributed by atoms with E-state index >= 15 is 0 Å². The van der Waals surface area contributed by atoms with Crippen LogP contribution in [0.25, 0.3) is 0 Å². The van der Waals surface area contributed by atoms with Gasteiger partial charge in [0.05, 0.1) is 12.5 Å². The average Bonchev–Trinajstić information content (AvgIpc) is 2.83. The molecule has 0 spiro atoms. The molecule has 0 saturated heterocycles. The standard InChI is InChI=1S/C13H17N3O2/c1-15(8-11-4-7-18-10-11)5-6-16-9-12(14)2-3-13(16)17/h2-4,7,9-10H,5-6,8,14H2,1H3. The van der Waals surface area contributed by atoms with Crippen molar-refractivity contribution < 1.29 is 4.42 Å². The Bertz CT molecular complexity index is 546. The molecule has 0 aliphatic heterocycles. The van der Waals surface area contributed by atoms with Crippen LogP contribution in [-0.2, 0) is 13.1 Å². The third-order valence-electron chi connectivity index (χ3n) is 2.76. The second kappa shape index (κ2) is 5.55. The second-order valence-electron chi connectivity index (χ2n) is 4.36. The highest BCUT2D eigenvalue weighted by molar-refractivity contribution is 5.33. The lowest BCUT2D eigenvalue weighted by Gasteiger charge is -2.16. The number of nitrogen functional groups attached to an aromatic ring is 1. The number of pyridine rings is 1. The molecule has 0 aliphatic carbocycles. The molecule has 0 unspecified atom stereocenters. The Morgan fingerprint density at radius 3 is 2.94 bits per heavy atom. The number of rotatable bonds is 5. The van der Waals surface area contributed by atoms with Crippen LogP contribution < -0.4 is 11.3 Å². The zero-order valence-electron chi connectivity index (χ0n) is 10.4. The molecule has 0 atom stereocenters. The molecule has 0 aromatic carbocycles. The van der Waals surface area contributed by atoms with E-state index in [-0.39, 0.29) is 5.56 Å². The molecule has 5 heteroatoms. The first-order chi connectivity index (χ1) is 8.65. The summed E-state index contributed by atoms with van der Waals surface area (Å²) in [5, 5.41) is 0. The summed E-state index contributed by atoms with van der Waals surface area (Å²) in [5.74, 6) is 0. The number of hydrogen-bond donors (Lipinski definition) is 1. The van der Waals surface area contributed by atoms with Gasteiger partial charge in [-0.05, 0) is 19.2 Å². The molecule has 2 rings (SSSR count). The van der Waals surface area contributed by atoms with Gasteiger partial charge in [0.2, 0.25) is 0 Å². The molecule has 2 N–H and O–H groups in total. The van der Waals surface area contributed by atoms with Gasteiger partial charge in [-0.25, -0.2) is 0 Å². The minimum atomic E-state index is -0.0269. The molecule has 0 fully saturated rings. The zero-order chi connectivity index (χ0) is 13.0. The summed E-state index contributed by atoms with van der Waals surface area (Å²) in [7, 11) is 2.00. The number of furan rings is 1.